The third-order valence-electron chi connectivity index (χ3n) is 6.96. The molecule has 0 N–H and O–H groups in total. The van der Waals surface area contributed by atoms with Gasteiger partial charge in [0.15, 0.2) is 0 Å². The second-order valence-corrected chi connectivity index (χ2v) is 7.90. The first-order valence-corrected chi connectivity index (χ1v) is 9.55. The average Bonchev–Trinajstić information content (AvgIpc) is 3.44. The first-order valence-electron chi connectivity index (χ1n) is 9.55. The molecule has 0 amide bonds. The molecule has 0 aromatic heterocycles. The lowest BCUT2D eigenvalue weighted by atomic mass is 9.47. The molecule has 5 nitrogen and oxygen atoms in total. The lowest BCUT2D eigenvalue weighted by Gasteiger charge is -2.53. The van der Waals surface area contributed by atoms with Gasteiger partial charge in [-0.3, -0.25) is 4.79 Å². The van der Waals surface area contributed by atoms with E-state index in [-0.39, 0.29) is 11.8 Å². The fourth-order valence-corrected chi connectivity index (χ4v) is 5.87. The summed E-state index contributed by atoms with van der Waals surface area (Å²) in [6.45, 7) is 1.82. The Kier molecular flexibility index (Phi) is 3.53. The summed E-state index contributed by atoms with van der Waals surface area (Å²) >= 11 is 0. The molecule has 0 spiro atoms. The van der Waals surface area contributed by atoms with Gasteiger partial charge in [-0.1, -0.05) is 48.5 Å². The Morgan fingerprint density at radius 3 is 1.79 bits per heavy atom. The van der Waals surface area contributed by atoms with Crippen LogP contribution in [0.25, 0.3) is 0 Å². The summed E-state index contributed by atoms with van der Waals surface area (Å²) < 4.78 is 16.4. The maximum atomic E-state index is 13.4. The Hall–Kier alpha value is -2.66. The summed E-state index contributed by atoms with van der Waals surface area (Å²) in [7, 11) is 2.72. The number of fused-ring (bicyclic) bond motifs is 1. The first kappa shape index (κ1) is 17.4. The average molecular weight is 378 g/mol. The topological polar surface area (TPSA) is 65.1 Å². The standard InChI is InChI=1S/C23H22O5/c1-13-23(28-13,21(25)27-3)22(20(24)26-2)12-18-14-8-4-6-10-16(14)19(22)17-11-7-5-9-15(17)18/h4-11,13,18-19H,12H2,1-3H3/t13-,18?,19?,22?,23-/m1/s1. The van der Waals surface area contributed by atoms with Crippen molar-refractivity contribution in [2.24, 2.45) is 5.41 Å². The zero-order chi connectivity index (χ0) is 19.7. The second kappa shape index (κ2) is 5.67. The molecule has 1 saturated heterocycles. The van der Waals surface area contributed by atoms with Gasteiger partial charge in [-0.15, -0.1) is 0 Å². The zero-order valence-electron chi connectivity index (χ0n) is 16.1. The Morgan fingerprint density at radius 2 is 1.36 bits per heavy atom. The number of benzene rings is 2. The van der Waals surface area contributed by atoms with Gasteiger partial charge in [0, 0.05) is 11.8 Å². The normalized spacial score (nSPS) is 34.2. The molecule has 144 valence electrons. The summed E-state index contributed by atoms with van der Waals surface area (Å²) in [5.41, 5.74) is 2.04. The van der Waals surface area contributed by atoms with Crippen molar-refractivity contribution in [3.63, 3.8) is 0 Å². The van der Waals surface area contributed by atoms with E-state index in [9.17, 15) is 9.59 Å². The van der Waals surface area contributed by atoms with Crippen molar-refractivity contribution in [3.8, 4) is 0 Å². The van der Waals surface area contributed by atoms with Gasteiger partial charge in [-0.05, 0) is 35.6 Å². The summed E-state index contributed by atoms with van der Waals surface area (Å²) in [4.78, 5) is 26.4. The minimum Gasteiger partial charge on any atom is -0.468 e. The highest BCUT2D eigenvalue weighted by molar-refractivity contribution is 5.96. The number of rotatable bonds is 3. The molecule has 2 aromatic carbocycles. The Balaban J connectivity index is 1.84. The third-order valence-corrected chi connectivity index (χ3v) is 6.96. The number of esters is 2. The van der Waals surface area contributed by atoms with Crippen molar-refractivity contribution in [3.05, 3.63) is 70.8 Å². The Bertz CT molecular complexity index is 950. The van der Waals surface area contributed by atoms with Crippen molar-refractivity contribution in [2.45, 2.75) is 36.9 Å². The monoisotopic (exact) mass is 378 g/mol. The van der Waals surface area contributed by atoms with Crippen LogP contribution in [0.15, 0.2) is 48.5 Å². The van der Waals surface area contributed by atoms with Crippen LogP contribution in [0, 0.1) is 5.41 Å². The van der Waals surface area contributed by atoms with Crippen LogP contribution in [-0.4, -0.2) is 37.9 Å². The van der Waals surface area contributed by atoms with Crippen molar-refractivity contribution in [1.29, 1.82) is 0 Å². The molecule has 2 aromatic rings. The second-order valence-electron chi connectivity index (χ2n) is 7.90. The van der Waals surface area contributed by atoms with E-state index in [1.165, 1.54) is 25.3 Å². The molecule has 4 aliphatic rings. The predicted molar refractivity (Wildman–Crippen MR) is 101 cm³/mol. The number of carbonyl (C=O) groups is 2. The highest BCUT2D eigenvalue weighted by atomic mass is 16.7. The molecule has 6 rings (SSSR count). The molecule has 0 radical (unpaired) electrons. The van der Waals surface area contributed by atoms with Crippen molar-refractivity contribution in [2.75, 3.05) is 14.2 Å². The van der Waals surface area contributed by atoms with E-state index in [0.29, 0.717) is 6.42 Å². The number of ether oxygens (including phenoxy) is 3. The van der Waals surface area contributed by atoms with Crippen LogP contribution in [0.4, 0.5) is 0 Å². The molecule has 3 atom stereocenters. The van der Waals surface area contributed by atoms with Crippen molar-refractivity contribution in [1.82, 2.24) is 0 Å². The molecule has 1 aliphatic heterocycles. The molecule has 2 bridgehead atoms. The molecular weight excluding hydrogens is 356 g/mol. The van der Waals surface area contributed by atoms with Gasteiger partial charge in [0.05, 0.1) is 20.3 Å². The maximum Gasteiger partial charge on any atom is 0.342 e. The molecule has 1 unspecified atom stereocenters. The van der Waals surface area contributed by atoms with Gasteiger partial charge < -0.3 is 14.2 Å². The SMILES string of the molecule is COC(=O)C1([C@@]2(C(=O)OC)O[C@@H]2C)CC2c3ccccc3C1c1ccccc12. The van der Waals surface area contributed by atoms with Crippen LogP contribution in [0.3, 0.4) is 0 Å². The number of epoxide rings is 1. The van der Waals surface area contributed by atoms with E-state index < -0.39 is 29.1 Å². The maximum absolute atomic E-state index is 13.4. The van der Waals surface area contributed by atoms with E-state index in [1.54, 1.807) is 0 Å². The smallest absolute Gasteiger partial charge is 0.342 e. The molecule has 1 fully saturated rings. The van der Waals surface area contributed by atoms with Crippen LogP contribution >= 0.6 is 0 Å². The fraction of sp³-hybridized carbons (Fsp3) is 0.391. The van der Waals surface area contributed by atoms with Crippen LogP contribution in [0.2, 0.25) is 0 Å². The minimum atomic E-state index is -1.33. The van der Waals surface area contributed by atoms with Crippen molar-refractivity contribution >= 4 is 11.9 Å². The molecule has 28 heavy (non-hydrogen) atoms. The third kappa shape index (κ3) is 1.80. The van der Waals surface area contributed by atoms with Gasteiger partial charge >= 0.3 is 11.9 Å². The minimum absolute atomic E-state index is 0.00516. The predicted octanol–water partition coefficient (Wildman–Crippen LogP) is 3.16. The first-order chi connectivity index (χ1) is 13.5. The molecule has 1 heterocycles. The molecule has 3 aliphatic carbocycles. The van der Waals surface area contributed by atoms with Gasteiger partial charge in [0.1, 0.15) is 5.41 Å². The van der Waals surface area contributed by atoms with Crippen LogP contribution < -0.4 is 0 Å². The van der Waals surface area contributed by atoms with Crippen molar-refractivity contribution < 1.29 is 23.8 Å². The Labute approximate surface area is 163 Å². The van der Waals surface area contributed by atoms with Gasteiger partial charge in [-0.2, -0.15) is 0 Å². The lowest BCUT2D eigenvalue weighted by molar-refractivity contribution is -0.172. The van der Waals surface area contributed by atoms with E-state index in [2.05, 4.69) is 24.3 Å². The van der Waals surface area contributed by atoms with E-state index in [1.807, 2.05) is 31.2 Å². The lowest BCUT2D eigenvalue weighted by Crippen LogP contribution is -2.59. The largest absolute Gasteiger partial charge is 0.468 e. The van der Waals surface area contributed by atoms with Crippen LogP contribution in [0.1, 0.15) is 47.4 Å². The summed E-state index contributed by atoms with van der Waals surface area (Å²) in [5, 5.41) is 0. The van der Waals surface area contributed by atoms with Crippen LogP contribution in [0.5, 0.6) is 0 Å². The molecule has 5 heteroatoms. The van der Waals surface area contributed by atoms with Gasteiger partial charge in [0.25, 0.3) is 0 Å². The van der Waals surface area contributed by atoms with Crippen LogP contribution in [-0.2, 0) is 23.8 Å². The fourth-order valence-electron chi connectivity index (χ4n) is 5.87. The number of carbonyl (C=O) groups excluding carboxylic acids is 2. The molecular formula is C23H22O5. The van der Waals surface area contributed by atoms with E-state index in [0.717, 1.165) is 11.1 Å². The van der Waals surface area contributed by atoms with E-state index in [4.69, 9.17) is 14.2 Å². The summed E-state index contributed by atoms with van der Waals surface area (Å²) in [6.07, 6.45) is 0.0374. The number of hydrogen-bond acceptors (Lipinski definition) is 5. The quantitative estimate of drug-likeness (QED) is 0.606. The molecule has 0 saturated carbocycles. The summed E-state index contributed by atoms with van der Waals surface area (Å²) in [5.74, 6) is -1.26. The van der Waals surface area contributed by atoms with Gasteiger partial charge in [-0.25, -0.2) is 4.79 Å². The van der Waals surface area contributed by atoms with E-state index >= 15 is 0 Å². The highest BCUT2D eigenvalue weighted by Gasteiger charge is 2.80. The Morgan fingerprint density at radius 1 is 0.893 bits per heavy atom. The highest BCUT2D eigenvalue weighted by Crippen LogP contribution is 2.70. The number of methoxy groups -OCH3 is 2. The number of hydrogen-bond donors (Lipinski definition) is 0. The zero-order valence-corrected chi connectivity index (χ0v) is 16.1. The van der Waals surface area contributed by atoms with Gasteiger partial charge in [0.2, 0.25) is 5.60 Å². The summed E-state index contributed by atoms with van der Waals surface area (Å²) in [6, 6.07) is 16.3.